The summed E-state index contributed by atoms with van der Waals surface area (Å²) in [5.41, 5.74) is 0.815. The van der Waals surface area contributed by atoms with Crippen LogP contribution >= 0.6 is 0 Å². The van der Waals surface area contributed by atoms with Gasteiger partial charge in [-0.25, -0.2) is 9.97 Å². The number of aliphatic hydroxyl groups is 3. The van der Waals surface area contributed by atoms with Gasteiger partial charge in [-0.05, 0) is 13.8 Å². The summed E-state index contributed by atoms with van der Waals surface area (Å²) in [6.45, 7) is 3.50. The maximum atomic E-state index is 9.99. The molecule has 2 rings (SSSR count). The number of aromatic nitrogens is 2. The van der Waals surface area contributed by atoms with Crippen LogP contribution in [0.3, 0.4) is 0 Å². The Balaban J connectivity index is 2.07. The van der Waals surface area contributed by atoms with Gasteiger partial charge in [0.15, 0.2) is 0 Å². The van der Waals surface area contributed by atoms with E-state index in [9.17, 15) is 10.2 Å². The largest absolute Gasteiger partial charge is 0.394 e. The first kappa shape index (κ1) is 14.1. The van der Waals surface area contributed by atoms with E-state index in [0.717, 1.165) is 5.69 Å². The molecule has 0 unspecified atom stereocenters. The SMILES string of the molecule is Cc1cc(N[C@H]2CO[C@H](CO)[C@H](O)[C@@H]2O)nc(C)n1. The van der Waals surface area contributed by atoms with E-state index in [1.807, 2.05) is 6.92 Å². The van der Waals surface area contributed by atoms with Crippen LogP contribution in [0.1, 0.15) is 11.5 Å². The van der Waals surface area contributed by atoms with Gasteiger partial charge in [-0.3, -0.25) is 0 Å². The maximum Gasteiger partial charge on any atom is 0.130 e. The highest BCUT2D eigenvalue weighted by molar-refractivity contribution is 5.37. The molecule has 7 nitrogen and oxygen atoms in total. The summed E-state index contributed by atoms with van der Waals surface area (Å²) in [6.07, 6.45) is -2.90. The van der Waals surface area contributed by atoms with E-state index in [1.54, 1.807) is 13.0 Å². The number of nitrogens with one attached hydrogen (secondary N) is 1. The molecule has 0 bridgehead atoms. The molecule has 0 spiro atoms. The minimum absolute atomic E-state index is 0.186. The van der Waals surface area contributed by atoms with Crippen LogP contribution in [-0.4, -0.2) is 62.9 Å². The molecule has 1 aromatic rings. The zero-order chi connectivity index (χ0) is 14.0. The summed E-state index contributed by atoms with van der Waals surface area (Å²) >= 11 is 0. The van der Waals surface area contributed by atoms with Gasteiger partial charge in [0.1, 0.15) is 30.0 Å². The molecule has 106 valence electrons. The van der Waals surface area contributed by atoms with Gasteiger partial charge in [0.05, 0.1) is 19.3 Å². The minimum Gasteiger partial charge on any atom is -0.394 e. The summed E-state index contributed by atoms with van der Waals surface area (Å²) in [7, 11) is 0. The fourth-order valence-electron chi connectivity index (χ4n) is 2.15. The number of aliphatic hydroxyl groups excluding tert-OH is 3. The standard InChI is InChI=1S/C12H19N3O4/c1-6-3-10(14-7(2)13-6)15-8-5-19-9(4-16)12(18)11(8)17/h3,8-9,11-12,16-18H,4-5H2,1-2H3,(H,13,14,15)/t8-,9+,11+,12-/m0/s1. The first-order valence-electron chi connectivity index (χ1n) is 6.18. The number of ether oxygens (including phenoxy) is 1. The molecule has 0 radical (unpaired) electrons. The maximum absolute atomic E-state index is 9.99. The van der Waals surface area contributed by atoms with Crippen molar-refractivity contribution >= 4 is 5.82 Å². The Kier molecular flexibility index (Phi) is 4.31. The van der Waals surface area contributed by atoms with Gasteiger partial charge in [-0.1, -0.05) is 0 Å². The molecule has 0 saturated carbocycles. The van der Waals surface area contributed by atoms with Crippen molar-refractivity contribution in [3.63, 3.8) is 0 Å². The third kappa shape index (κ3) is 3.19. The number of hydrogen-bond donors (Lipinski definition) is 4. The van der Waals surface area contributed by atoms with Crippen molar-refractivity contribution in [2.45, 2.75) is 38.2 Å². The van der Waals surface area contributed by atoms with Crippen molar-refractivity contribution in [3.8, 4) is 0 Å². The fraction of sp³-hybridized carbons (Fsp3) is 0.667. The Labute approximate surface area is 111 Å². The van der Waals surface area contributed by atoms with E-state index < -0.39 is 24.4 Å². The van der Waals surface area contributed by atoms with Crippen molar-refractivity contribution in [1.29, 1.82) is 0 Å². The highest BCUT2D eigenvalue weighted by Crippen LogP contribution is 2.18. The third-order valence-corrected chi connectivity index (χ3v) is 3.11. The predicted molar refractivity (Wildman–Crippen MR) is 67.8 cm³/mol. The van der Waals surface area contributed by atoms with E-state index in [0.29, 0.717) is 11.6 Å². The second-order valence-corrected chi connectivity index (χ2v) is 4.73. The van der Waals surface area contributed by atoms with Crippen molar-refractivity contribution in [2.75, 3.05) is 18.5 Å². The zero-order valence-electron chi connectivity index (χ0n) is 10.9. The van der Waals surface area contributed by atoms with Gasteiger partial charge < -0.3 is 25.4 Å². The number of nitrogens with zero attached hydrogens (tertiary/aromatic N) is 2. The Morgan fingerprint density at radius 2 is 2.05 bits per heavy atom. The van der Waals surface area contributed by atoms with E-state index in [-0.39, 0.29) is 13.2 Å². The van der Waals surface area contributed by atoms with Crippen LogP contribution in [-0.2, 0) is 4.74 Å². The molecule has 0 aromatic carbocycles. The lowest BCUT2D eigenvalue weighted by Gasteiger charge is -2.37. The lowest BCUT2D eigenvalue weighted by atomic mass is 9.98. The van der Waals surface area contributed by atoms with Crippen LogP contribution in [0.4, 0.5) is 5.82 Å². The first-order chi connectivity index (χ1) is 9.01. The number of hydrogen-bond acceptors (Lipinski definition) is 7. The molecule has 2 heterocycles. The third-order valence-electron chi connectivity index (χ3n) is 3.11. The molecular formula is C12H19N3O4. The number of anilines is 1. The Bertz CT molecular complexity index is 423. The van der Waals surface area contributed by atoms with E-state index in [2.05, 4.69) is 15.3 Å². The second kappa shape index (κ2) is 5.79. The van der Waals surface area contributed by atoms with Gasteiger partial charge in [-0.15, -0.1) is 0 Å². The van der Waals surface area contributed by atoms with Crippen molar-refractivity contribution in [3.05, 3.63) is 17.6 Å². The lowest BCUT2D eigenvalue weighted by Crippen LogP contribution is -2.56. The highest BCUT2D eigenvalue weighted by Gasteiger charge is 2.38. The molecule has 0 amide bonds. The number of aryl methyl sites for hydroxylation is 2. The van der Waals surface area contributed by atoms with Gasteiger partial charge >= 0.3 is 0 Å². The van der Waals surface area contributed by atoms with Crippen molar-refractivity contribution < 1.29 is 20.1 Å². The molecular weight excluding hydrogens is 250 g/mol. The van der Waals surface area contributed by atoms with Crippen molar-refractivity contribution in [2.24, 2.45) is 0 Å². The molecule has 1 saturated heterocycles. The molecule has 1 aliphatic rings. The van der Waals surface area contributed by atoms with Crippen LogP contribution < -0.4 is 5.32 Å². The smallest absolute Gasteiger partial charge is 0.130 e. The first-order valence-corrected chi connectivity index (χ1v) is 6.18. The Hall–Kier alpha value is -1.28. The molecule has 4 atom stereocenters. The summed E-state index contributed by atoms with van der Waals surface area (Å²) in [5.74, 6) is 1.20. The topological polar surface area (TPSA) is 108 Å². The van der Waals surface area contributed by atoms with Gasteiger partial charge in [0.2, 0.25) is 0 Å². The summed E-state index contributed by atoms with van der Waals surface area (Å²) in [4.78, 5) is 8.37. The number of rotatable bonds is 3. The normalized spacial score (nSPS) is 31.2. The van der Waals surface area contributed by atoms with Gasteiger partial charge in [0.25, 0.3) is 0 Å². The summed E-state index contributed by atoms with van der Waals surface area (Å²) in [6, 6.07) is 1.27. The van der Waals surface area contributed by atoms with Gasteiger partial charge in [-0.2, -0.15) is 0 Å². The molecule has 0 aliphatic carbocycles. The monoisotopic (exact) mass is 269 g/mol. The fourth-order valence-corrected chi connectivity index (χ4v) is 2.15. The molecule has 1 aliphatic heterocycles. The average Bonchev–Trinajstić information content (AvgIpc) is 2.34. The summed E-state index contributed by atoms with van der Waals surface area (Å²) in [5, 5.41) is 31.8. The van der Waals surface area contributed by atoms with Crippen LogP contribution in [0.2, 0.25) is 0 Å². The van der Waals surface area contributed by atoms with Crippen LogP contribution in [0.15, 0.2) is 6.07 Å². The van der Waals surface area contributed by atoms with Crippen LogP contribution in [0, 0.1) is 13.8 Å². The second-order valence-electron chi connectivity index (χ2n) is 4.73. The quantitative estimate of drug-likeness (QED) is 0.556. The van der Waals surface area contributed by atoms with Crippen LogP contribution in [0.5, 0.6) is 0 Å². The molecule has 4 N–H and O–H groups in total. The van der Waals surface area contributed by atoms with E-state index in [1.165, 1.54) is 0 Å². The van der Waals surface area contributed by atoms with E-state index >= 15 is 0 Å². The lowest BCUT2D eigenvalue weighted by molar-refractivity contribution is -0.152. The molecule has 1 aromatic heterocycles. The molecule has 1 fully saturated rings. The Morgan fingerprint density at radius 3 is 2.68 bits per heavy atom. The Morgan fingerprint density at radius 1 is 1.32 bits per heavy atom. The van der Waals surface area contributed by atoms with Gasteiger partial charge in [0, 0.05) is 11.8 Å². The van der Waals surface area contributed by atoms with Crippen LogP contribution in [0.25, 0.3) is 0 Å². The highest BCUT2D eigenvalue weighted by atomic mass is 16.5. The molecule has 19 heavy (non-hydrogen) atoms. The predicted octanol–water partition coefficient (Wildman–Crippen LogP) is -1.01. The molecule has 7 heteroatoms. The average molecular weight is 269 g/mol. The van der Waals surface area contributed by atoms with Crippen molar-refractivity contribution in [1.82, 2.24) is 9.97 Å². The minimum atomic E-state index is -1.12. The summed E-state index contributed by atoms with van der Waals surface area (Å²) < 4.78 is 5.29. The van der Waals surface area contributed by atoms with E-state index in [4.69, 9.17) is 9.84 Å². The zero-order valence-corrected chi connectivity index (χ0v) is 10.9.